The van der Waals surface area contributed by atoms with E-state index in [0.717, 1.165) is 12.0 Å². The van der Waals surface area contributed by atoms with Gasteiger partial charge in [-0.3, -0.25) is 10.1 Å². The van der Waals surface area contributed by atoms with Gasteiger partial charge in [-0.15, -0.1) is 0 Å². The van der Waals surface area contributed by atoms with Gasteiger partial charge < -0.3 is 10.1 Å². The molecule has 0 aliphatic rings. The molecule has 1 aromatic rings. The zero-order chi connectivity index (χ0) is 14.5. The Morgan fingerprint density at radius 3 is 2.58 bits per heavy atom. The summed E-state index contributed by atoms with van der Waals surface area (Å²) in [5, 5.41) is 14.3. The number of nitro benzene ring substituents is 1. The summed E-state index contributed by atoms with van der Waals surface area (Å²) in [6, 6.07) is 5.11. The van der Waals surface area contributed by atoms with E-state index in [1.165, 1.54) is 0 Å². The van der Waals surface area contributed by atoms with Crippen LogP contribution in [0.25, 0.3) is 0 Å². The molecule has 19 heavy (non-hydrogen) atoms. The van der Waals surface area contributed by atoms with Crippen LogP contribution in [0.1, 0.15) is 33.3 Å². The summed E-state index contributed by atoms with van der Waals surface area (Å²) in [7, 11) is 0. The minimum atomic E-state index is -0.397. The van der Waals surface area contributed by atoms with Gasteiger partial charge in [-0.1, -0.05) is 13.0 Å². The maximum absolute atomic E-state index is 11.0. The van der Waals surface area contributed by atoms with Crippen molar-refractivity contribution < 1.29 is 9.66 Å². The van der Waals surface area contributed by atoms with Crippen LogP contribution < -0.4 is 10.1 Å². The van der Waals surface area contributed by atoms with E-state index >= 15 is 0 Å². The summed E-state index contributed by atoms with van der Waals surface area (Å²) in [5.74, 6) is 0.331. The fourth-order valence-electron chi connectivity index (χ4n) is 1.63. The Morgan fingerprint density at radius 1 is 1.37 bits per heavy atom. The molecular formula is C14H22N2O3. The molecule has 1 rings (SSSR count). The topological polar surface area (TPSA) is 64.4 Å². The van der Waals surface area contributed by atoms with Gasteiger partial charge in [0.05, 0.1) is 4.92 Å². The molecule has 0 amide bonds. The van der Waals surface area contributed by atoms with E-state index in [0.29, 0.717) is 18.9 Å². The third kappa shape index (κ3) is 5.26. The fraction of sp³-hybridized carbons (Fsp3) is 0.571. The lowest BCUT2D eigenvalue weighted by Gasteiger charge is -2.20. The van der Waals surface area contributed by atoms with E-state index in [9.17, 15) is 10.1 Å². The first-order valence-corrected chi connectivity index (χ1v) is 6.48. The van der Waals surface area contributed by atoms with Crippen molar-refractivity contribution in [2.45, 2.75) is 39.7 Å². The minimum absolute atomic E-state index is 0.0152. The van der Waals surface area contributed by atoms with E-state index < -0.39 is 4.92 Å². The number of ether oxygens (including phenoxy) is 1. The lowest BCUT2D eigenvalue weighted by molar-refractivity contribution is -0.385. The largest absolute Gasteiger partial charge is 0.485 e. The maximum atomic E-state index is 11.0. The molecule has 0 unspecified atom stereocenters. The zero-order valence-electron chi connectivity index (χ0n) is 12.0. The molecule has 0 saturated heterocycles. The predicted octanol–water partition coefficient (Wildman–Crippen LogP) is 2.92. The predicted molar refractivity (Wildman–Crippen MR) is 75.7 cm³/mol. The Kier molecular flexibility index (Phi) is 5.30. The van der Waals surface area contributed by atoms with Gasteiger partial charge in [-0.2, -0.15) is 0 Å². The number of hydrogen-bond donors (Lipinski definition) is 1. The first-order valence-electron chi connectivity index (χ1n) is 6.48. The van der Waals surface area contributed by atoms with Crippen molar-refractivity contribution in [1.29, 1.82) is 0 Å². The van der Waals surface area contributed by atoms with Crippen LogP contribution in [0.2, 0.25) is 0 Å². The van der Waals surface area contributed by atoms with Crippen molar-refractivity contribution in [3.05, 3.63) is 33.9 Å². The average molecular weight is 266 g/mol. The van der Waals surface area contributed by atoms with Gasteiger partial charge in [-0.25, -0.2) is 0 Å². The van der Waals surface area contributed by atoms with Crippen LogP contribution in [0.15, 0.2) is 18.2 Å². The molecule has 0 aliphatic heterocycles. The van der Waals surface area contributed by atoms with Crippen LogP contribution in [0.5, 0.6) is 5.75 Å². The number of hydrogen-bond acceptors (Lipinski definition) is 4. The molecule has 106 valence electrons. The summed E-state index contributed by atoms with van der Waals surface area (Å²) >= 11 is 0. The highest BCUT2D eigenvalue weighted by Gasteiger charge is 2.16. The quantitative estimate of drug-likeness (QED) is 0.488. The first-order chi connectivity index (χ1) is 8.83. The van der Waals surface area contributed by atoms with Crippen LogP contribution in [-0.2, 0) is 6.42 Å². The van der Waals surface area contributed by atoms with Crippen molar-refractivity contribution in [2.75, 3.05) is 13.2 Å². The van der Waals surface area contributed by atoms with Crippen molar-refractivity contribution in [2.24, 2.45) is 0 Å². The summed E-state index contributed by atoms with van der Waals surface area (Å²) in [5.41, 5.74) is 0.989. The Morgan fingerprint density at radius 2 is 2.05 bits per heavy atom. The van der Waals surface area contributed by atoms with Crippen molar-refractivity contribution >= 4 is 5.69 Å². The SMILES string of the molecule is CCc1ccc(OCCNC(C)(C)C)c([N+](=O)[O-])c1. The van der Waals surface area contributed by atoms with Crippen molar-refractivity contribution in [1.82, 2.24) is 5.32 Å². The lowest BCUT2D eigenvalue weighted by Crippen LogP contribution is -2.38. The van der Waals surface area contributed by atoms with E-state index in [-0.39, 0.29) is 11.2 Å². The monoisotopic (exact) mass is 266 g/mol. The second-order valence-corrected chi connectivity index (χ2v) is 5.44. The molecule has 1 aromatic carbocycles. The van der Waals surface area contributed by atoms with Gasteiger partial charge in [0.25, 0.3) is 0 Å². The molecule has 0 saturated carbocycles. The van der Waals surface area contributed by atoms with E-state index in [1.54, 1.807) is 12.1 Å². The maximum Gasteiger partial charge on any atom is 0.311 e. The summed E-state index contributed by atoms with van der Waals surface area (Å²) in [6.45, 7) is 9.20. The second-order valence-electron chi connectivity index (χ2n) is 5.44. The highest BCUT2D eigenvalue weighted by molar-refractivity contribution is 5.48. The molecule has 5 heteroatoms. The number of nitro groups is 1. The molecule has 0 heterocycles. The molecule has 0 fully saturated rings. The third-order valence-electron chi connectivity index (χ3n) is 2.64. The average Bonchev–Trinajstić information content (AvgIpc) is 2.33. The van der Waals surface area contributed by atoms with Gasteiger partial charge in [0.2, 0.25) is 0 Å². The molecule has 0 aliphatic carbocycles. The number of rotatable bonds is 6. The van der Waals surface area contributed by atoms with Gasteiger partial charge in [0.1, 0.15) is 6.61 Å². The van der Waals surface area contributed by atoms with E-state index in [1.807, 2.05) is 13.0 Å². The fourth-order valence-corrected chi connectivity index (χ4v) is 1.63. The Labute approximate surface area is 114 Å². The molecular weight excluding hydrogens is 244 g/mol. The summed E-state index contributed by atoms with van der Waals surface area (Å²) < 4.78 is 5.49. The number of nitrogens with zero attached hydrogens (tertiary/aromatic N) is 1. The zero-order valence-corrected chi connectivity index (χ0v) is 12.0. The van der Waals surface area contributed by atoms with Gasteiger partial charge in [0.15, 0.2) is 5.75 Å². The normalized spacial score (nSPS) is 11.4. The second kappa shape index (κ2) is 6.52. The highest BCUT2D eigenvalue weighted by Crippen LogP contribution is 2.28. The lowest BCUT2D eigenvalue weighted by atomic mass is 10.1. The Bertz CT molecular complexity index is 439. The smallest absolute Gasteiger partial charge is 0.311 e. The van der Waals surface area contributed by atoms with E-state index in [2.05, 4.69) is 26.1 Å². The van der Waals surface area contributed by atoms with Crippen LogP contribution in [0.4, 0.5) is 5.69 Å². The number of nitrogens with one attached hydrogen (secondary N) is 1. The molecule has 0 spiro atoms. The van der Waals surface area contributed by atoms with Crippen molar-refractivity contribution in [3.63, 3.8) is 0 Å². The Balaban J connectivity index is 2.65. The molecule has 0 bridgehead atoms. The van der Waals surface area contributed by atoms with Gasteiger partial charge >= 0.3 is 5.69 Å². The van der Waals surface area contributed by atoms with Gasteiger partial charge in [0, 0.05) is 18.2 Å². The first kappa shape index (κ1) is 15.4. The van der Waals surface area contributed by atoms with E-state index in [4.69, 9.17) is 4.74 Å². The molecule has 0 aromatic heterocycles. The molecule has 1 N–H and O–H groups in total. The third-order valence-corrected chi connectivity index (χ3v) is 2.64. The van der Waals surface area contributed by atoms with Crippen LogP contribution in [-0.4, -0.2) is 23.6 Å². The Hall–Kier alpha value is -1.62. The highest BCUT2D eigenvalue weighted by atomic mass is 16.6. The summed E-state index contributed by atoms with van der Waals surface area (Å²) in [4.78, 5) is 10.6. The van der Waals surface area contributed by atoms with Crippen molar-refractivity contribution in [3.8, 4) is 5.75 Å². The van der Waals surface area contributed by atoms with Gasteiger partial charge in [-0.05, 0) is 38.8 Å². The molecule has 0 atom stereocenters. The van der Waals surface area contributed by atoms with Crippen LogP contribution >= 0.6 is 0 Å². The minimum Gasteiger partial charge on any atom is -0.485 e. The number of aryl methyl sites for hydroxylation is 1. The number of benzene rings is 1. The van der Waals surface area contributed by atoms with Crippen LogP contribution in [0.3, 0.4) is 0 Å². The molecule has 0 radical (unpaired) electrons. The van der Waals surface area contributed by atoms with Crippen LogP contribution in [0, 0.1) is 10.1 Å². The standard InChI is InChI=1S/C14H22N2O3/c1-5-11-6-7-13(12(10-11)16(17)18)19-9-8-15-14(2,3)4/h6-7,10,15H,5,8-9H2,1-4H3. The molecule has 5 nitrogen and oxygen atoms in total. The summed E-state index contributed by atoms with van der Waals surface area (Å²) in [6.07, 6.45) is 0.771.